The van der Waals surface area contributed by atoms with Gasteiger partial charge in [-0.25, -0.2) is 0 Å². The number of amides is 1. The lowest BCUT2D eigenvalue weighted by atomic mass is 9.86. The zero-order valence-corrected chi connectivity index (χ0v) is 18.1. The summed E-state index contributed by atoms with van der Waals surface area (Å²) in [6.45, 7) is 2.88. The van der Waals surface area contributed by atoms with Crippen molar-refractivity contribution in [3.63, 3.8) is 0 Å². The number of aliphatic carboxylic acids is 1. The summed E-state index contributed by atoms with van der Waals surface area (Å²) >= 11 is 0. The van der Waals surface area contributed by atoms with Gasteiger partial charge in [-0.1, -0.05) is 24.3 Å². The van der Waals surface area contributed by atoms with Crippen LogP contribution < -0.4 is 10.5 Å². The molecule has 2 saturated heterocycles. The molecule has 3 N–H and O–H groups in total. The van der Waals surface area contributed by atoms with Gasteiger partial charge in [0, 0.05) is 26.2 Å². The third-order valence-corrected chi connectivity index (χ3v) is 6.45. The second-order valence-corrected chi connectivity index (χ2v) is 8.70. The van der Waals surface area contributed by atoms with Crippen molar-refractivity contribution in [2.24, 2.45) is 17.6 Å². The molecule has 0 aromatic heterocycles. The SMILES string of the molecule is CN1CCN(C(=O)C2C(C(=O)Oc3ccc(CC(N)C(=O)O)cc3)[C@H]3C=CC[C@@H]2O3)CC1. The van der Waals surface area contributed by atoms with Gasteiger partial charge in [0.1, 0.15) is 17.7 Å². The summed E-state index contributed by atoms with van der Waals surface area (Å²) in [5, 5.41) is 8.94. The molecule has 3 heterocycles. The van der Waals surface area contributed by atoms with Crippen LogP contribution in [-0.4, -0.2) is 84.2 Å². The third-order valence-electron chi connectivity index (χ3n) is 6.45. The fourth-order valence-electron chi connectivity index (χ4n) is 4.57. The van der Waals surface area contributed by atoms with Crippen molar-refractivity contribution < 1.29 is 29.0 Å². The van der Waals surface area contributed by atoms with E-state index in [2.05, 4.69) is 4.90 Å². The van der Waals surface area contributed by atoms with E-state index in [9.17, 15) is 14.4 Å². The quantitative estimate of drug-likeness (QED) is 0.365. The normalized spacial score (nSPS) is 28.4. The molecule has 1 aromatic carbocycles. The number of fused-ring (bicyclic) bond motifs is 2. The van der Waals surface area contributed by atoms with Gasteiger partial charge in [0.25, 0.3) is 0 Å². The summed E-state index contributed by atoms with van der Waals surface area (Å²) in [6.07, 6.45) is 3.79. The van der Waals surface area contributed by atoms with Crippen LogP contribution in [0.5, 0.6) is 5.75 Å². The van der Waals surface area contributed by atoms with Gasteiger partial charge in [-0.2, -0.15) is 0 Å². The van der Waals surface area contributed by atoms with Crippen LogP contribution in [-0.2, 0) is 25.5 Å². The van der Waals surface area contributed by atoms with Crippen LogP contribution in [0.15, 0.2) is 36.4 Å². The zero-order valence-electron chi connectivity index (χ0n) is 18.1. The van der Waals surface area contributed by atoms with Gasteiger partial charge in [0.2, 0.25) is 5.91 Å². The van der Waals surface area contributed by atoms with Gasteiger partial charge in [-0.05, 0) is 37.6 Å². The van der Waals surface area contributed by atoms with Crippen LogP contribution in [0.25, 0.3) is 0 Å². The van der Waals surface area contributed by atoms with Crippen molar-refractivity contribution in [2.75, 3.05) is 33.2 Å². The van der Waals surface area contributed by atoms with Crippen molar-refractivity contribution in [2.45, 2.75) is 31.1 Å². The minimum atomic E-state index is -1.07. The van der Waals surface area contributed by atoms with E-state index in [4.69, 9.17) is 20.3 Å². The summed E-state index contributed by atoms with van der Waals surface area (Å²) in [4.78, 5) is 41.4. The number of esters is 1. The number of carbonyl (C=O) groups is 3. The lowest BCUT2D eigenvalue weighted by Crippen LogP contribution is -2.51. The molecule has 1 amide bonds. The molecule has 9 heteroatoms. The third kappa shape index (κ3) is 4.69. The highest BCUT2D eigenvalue weighted by molar-refractivity contribution is 5.88. The number of likely N-dealkylation sites (N-methyl/N-ethyl adjacent to an activating group) is 1. The first kappa shape index (κ1) is 22.4. The van der Waals surface area contributed by atoms with E-state index in [0.717, 1.165) is 18.7 Å². The van der Waals surface area contributed by atoms with Crippen LogP contribution in [0.1, 0.15) is 12.0 Å². The second-order valence-electron chi connectivity index (χ2n) is 8.70. The molecule has 172 valence electrons. The maximum absolute atomic E-state index is 13.4. The predicted octanol–water partition coefficient (Wildman–Crippen LogP) is 0.280. The van der Waals surface area contributed by atoms with E-state index in [1.165, 1.54) is 0 Å². The number of hydrogen-bond donors (Lipinski definition) is 2. The molecule has 5 atom stereocenters. The summed E-state index contributed by atoms with van der Waals surface area (Å²) in [6, 6.07) is 5.59. The van der Waals surface area contributed by atoms with Gasteiger partial charge in [-0.15, -0.1) is 0 Å². The van der Waals surface area contributed by atoms with Gasteiger partial charge >= 0.3 is 11.9 Å². The lowest BCUT2D eigenvalue weighted by Gasteiger charge is -2.35. The number of piperazine rings is 1. The van der Waals surface area contributed by atoms with Crippen LogP contribution in [0, 0.1) is 11.8 Å². The van der Waals surface area contributed by atoms with Crippen molar-refractivity contribution >= 4 is 17.8 Å². The van der Waals surface area contributed by atoms with E-state index < -0.39 is 35.9 Å². The van der Waals surface area contributed by atoms with Crippen molar-refractivity contribution in [3.8, 4) is 5.75 Å². The molecule has 3 aliphatic rings. The highest BCUT2D eigenvalue weighted by Gasteiger charge is 2.53. The molecule has 4 rings (SSSR count). The molecule has 3 unspecified atom stereocenters. The van der Waals surface area contributed by atoms with Crippen molar-refractivity contribution in [3.05, 3.63) is 42.0 Å². The Kier molecular flexibility index (Phi) is 6.59. The van der Waals surface area contributed by atoms with Crippen LogP contribution in [0.3, 0.4) is 0 Å². The maximum atomic E-state index is 13.4. The Hall–Kier alpha value is -2.75. The molecule has 1 aromatic rings. The number of carboxylic acid groups (broad SMARTS) is 1. The highest BCUT2D eigenvalue weighted by Crippen LogP contribution is 2.40. The monoisotopic (exact) mass is 443 g/mol. The van der Waals surface area contributed by atoms with Crippen LogP contribution >= 0.6 is 0 Å². The van der Waals surface area contributed by atoms with Gasteiger partial charge in [0.05, 0.1) is 18.1 Å². The Labute approximate surface area is 186 Å². The molecule has 3 aliphatic heterocycles. The standard InChI is InChI=1S/C23H29N3O6/c1-25-9-11-26(12-10-25)21(27)19-17-3-2-4-18(32-17)20(19)23(30)31-15-7-5-14(6-8-15)13-16(24)22(28)29/h2,4-8,16-20H,3,9-13,24H2,1H3,(H,28,29)/t16?,17-,18+,19?,20?/m0/s1. The molecule has 0 spiro atoms. The number of carbonyl (C=O) groups excluding carboxylic acids is 2. The van der Waals surface area contributed by atoms with Gasteiger partial charge in [-0.3, -0.25) is 14.4 Å². The average Bonchev–Trinajstić information content (AvgIpc) is 3.04. The van der Waals surface area contributed by atoms with Gasteiger partial charge in [0.15, 0.2) is 0 Å². The lowest BCUT2D eigenvalue weighted by molar-refractivity contribution is -0.148. The average molecular weight is 444 g/mol. The first-order valence-corrected chi connectivity index (χ1v) is 10.9. The molecule has 0 aliphatic carbocycles. The van der Waals surface area contributed by atoms with Crippen molar-refractivity contribution in [1.82, 2.24) is 9.80 Å². The summed E-state index contributed by atoms with van der Waals surface area (Å²) in [5.41, 5.74) is 6.30. The van der Waals surface area contributed by atoms with E-state index in [-0.39, 0.29) is 18.4 Å². The number of nitrogens with two attached hydrogens (primary N) is 1. The zero-order chi connectivity index (χ0) is 22.8. The molecular weight excluding hydrogens is 414 g/mol. The Bertz CT molecular complexity index is 893. The summed E-state index contributed by atoms with van der Waals surface area (Å²) < 4.78 is 11.6. The molecular formula is C23H29N3O6. The minimum Gasteiger partial charge on any atom is -0.480 e. The molecule has 9 nitrogen and oxygen atoms in total. The Morgan fingerprint density at radius 2 is 1.84 bits per heavy atom. The minimum absolute atomic E-state index is 0.0470. The molecule has 0 saturated carbocycles. The summed E-state index contributed by atoms with van der Waals surface area (Å²) in [7, 11) is 2.03. The van der Waals surface area contributed by atoms with Crippen molar-refractivity contribution in [1.29, 1.82) is 0 Å². The first-order valence-electron chi connectivity index (χ1n) is 10.9. The fourth-order valence-corrected chi connectivity index (χ4v) is 4.57. The van der Waals surface area contributed by atoms with Crippen LogP contribution in [0.4, 0.5) is 0 Å². The summed E-state index contributed by atoms with van der Waals surface area (Å²) in [5.74, 6) is -2.55. The topological polar surface area (TPSA) is 122 Å². The molecule has 2 fully saturated rings. The van der Waals surface area contributed by atoms with E-state index in [1.807, 2.05) is 24.1 Å². The highest BCUT2D eigenvalue weighted by atomic mass is 16.5. The number of hydrogen-bond acceptors (Lipinski definition) is 7. The molecule has 0 radical (unpaired) electrons. The van der Waals surface area contributed by atoms with E-state index in [1.54, 1.807) is 24.3 Å². The second kappa shape index (κ2) is 9.40. The molecule has 2 bridgehead atoms. The molecule has 32 heavy (non-hydrogen) atoms. The number of benzene rings is 1. The van der Waals surface area contributed by atoms with E-state index >= 15 is 0 Å². The largest absolute Gasteiger partial charge is 0.480 e. The fraction of sp³-hybridized carbons (Fsp3) is 0.522. The predicted molar refractivity (Wildman–Crippen MR) is 115 cm³/mol. The Morgan fingerprint density at radius 3 is 2.50 bits per heavy atom. The first-order chi connectivity index (χ1) is 15.3. The number of carboxylic acids is 1. The number of rotatable bonds is 6. The number of ether oxygens (including phenoxy) is 2. The number of nitrogens with zero attached hydrogens (tertiary/aromatic N) is 2. The van der Waals surface area contributed by atoms with Gasteiger partial charge < -0.3 is 30.1 Å². The Morgan fingerprint density at radius 1 is 1.16 bits per heavy atom. The Balaban J connectivity index is 1.45. The van der Waals surface area contributed by atoms with E-state index in [0.29, 0.717) is 25.3 Å². The maximum Gasteiger partial charge on any atom is 0.320 e. The smallest absolute Gasteiger partial charge is 0.320 e. The van der Waals surface area contributed by atoms with Crippen LogP contribution in [0.2, 0.25) is 0 Å².